The van der Waals surface area contributed by atoms with Gasteiger partial charge in [0.15, 0.2) is 0 Å². The second-order valence-electron chi connectivity index (χ2n) is 5.82. The maximum absolute atomic E-state index is 12.5. The molecule has 1 atom stereocenters. The Morgan fingerprint density at radius 2 is 1.76 bits per heavy atom. The number of aliphatic carboxylic acids is 1. The average molecular weight is 357 g/mol. The van der Waals surface area contributed by atoms with Gasteiger partial charge in [-0.05, 0) is 23.3 Å². The molecular weight excluding hydrogens is 340 g/mol. The summed E-state index contributed by atoms with van der Waals surface area (Å²) in [6, 6.07) is 16.7. The van der Waals surface area contributed by atoms with Gasteiger partial charge in [-0.2, -0.15) is 5.10 Å². The van der Waals surface area contributed by atoms with Gasteiger partial charge in [0.1, 0.15) is 0 Å². The first-order valence-corrected chi connectivity index (χ1v) is 8.34. The summed E-state index contributed by atoms with van der Waals surface area (Å²) in [5, 5.41) is 15.4. The summed E-state index contributed by atoms with van der Waals surface area (Å²) in [5.41, 5.74) is 2.66. The molecule has 3 rings (SSSR count). The van der Waals surface area contributed by atoms with Crippen LogP contribution in [0, 0.1) is 0 Å². The van der Waals surface area contributed by atoms with E-state index in [1.165, 1.54) is 5.01 Å². The SMILES string of the molecule is O=C(O)CCC(=O)N1N=C(c2ccc(Cl)cc2)CC1c1ccccc1. The van der Waals surface area contributed by atoms with Crippen LogP contribution < -0.4 is 0 Å². The maximum Gasteiger partial charge on any atom is 0.303 e. The monoisotopic (exact) mass is 356 g/mol. The van der Waals surface area contributed by atoms with Crippen LogP contribution in [0.25, 0.3) is 0 Å². The highest BCUT2D eigenvalue weighted by molar-refractivity contribution is 6.30. The lowest BCUT2D eigenvalue weighted by Gasteiger charge is -2.21. The molecule has 0 saturated carbocycles. The third-order valence-corrected chi connectivity index (χ3v) is 4.33. The van der Waals surface area contributed by atoms with E-state index in [-0.39, 0.29) is 24.8 Å². The molecule has 5 nitrogen and oxygen atoms in total. The van der Waals surface area contributed by atoms with E-state index in [1.54, 1.807) is 12.1 Å². The highest BCUT2D eigenvalue weighted by Gasteiger charge is 2.32. The second kappa shape index (κ2) is 7.49. The van der Waals surface area contributed by atoms with Crippen LogP contribution in [0.3, 0.4) is 0 Å². The van der Waals surface area contributed by atoms with Gasteiger partial charge in [-0.25, -0.2) is 5.01 Å². The Labute approximate surface area is 150 Å². The van der Waals surface area contributed by atoms with E-state index in [0.29, 0.717) is 11.4 Å². The first-order valence-electron chi connectivity index (χ1n) is 7.97. The van der Waals surface area contributed by atoms with Crippen molar-refractivity contribution in [1.29, 1.82) is 0 Å². The third kappa shape index (κ3) is 4.06. The molecule has 0 saturated heterocycles. The topological polar surface area (TPSA) is 70.0 Å². The van der Waals surface area contributed by atoms with E-state index in [1.807, 2.05) is 42.5 Å². The lowest BCUT2D eigenvalue weighted by atomic mass is 9.98. The largest absolute Gasteiger partial charge is 0.481 e. The molecule has 2 aromatic rings. The van der Waals surface area contributed by atoms with Gasteiger partial charge in [-0.15, -0.1) is 0 Å². The number of carboxylic acids is 1. The van der Waals surface area contributed by atoms with Crippen molar-refractivity contribution in [3.63, 3.8) is 0 Å². The van der Waals surface area contributed by atoms with Crippen LogP contribution in [0.5, 0.6) is 0 Å². The van der Waals surface area contributed by atoms with Gasteiger partial charge in [0.25, 0.3) is 0 Å². The Balaban J connectivity index is 1.88. The highest BCUT2D eigenvalue weighted by Crippen LogP contribution is 2.33. The molecule has 0 spiro atoms. The van der Waals surface area contributed by atoms with E-state index in [0.717, 1.165) is 16.8 Å². The number of carbonyl (C=O) groups is 2. The number of hydrogen-bond acceptors (Lipinski definition) is 3. The summed E-state index contributed by atoms with van der Waals surface area (Å²) in [6.07, 6.45) is 0.295. The van der Waals surface area contributed by atoms with Crippen molar-refractivity contribution in [3.8, 4) is 0 Å². The number of amides is 1. The molecule has 6 heteroatoms. The fourth-order valence-electron chi connectivity index (χ4n) is 2.82. The molecule has 1 unspecified atom stereocenters. The van der Waals surface area contributed by atoms with Gasteiger partial charge in [0.2, 0.25) is 5.91 Å². The van der Waals surface area contributed by atoms with E-state index in [2.05, 4.69) is 5.10 Å². The number of carboxylic acid groups (broad SMARTS) is 1. The van der Waals surface area contributed by atoms with Gasteiger partial charge >= 0.3 is 5.97 Å². The Morgan fingerprint density at radius 1 is 1.08 bits per heavy atom. The number of halogens is 1. The van der Waals surface area contributed by atoms with Crippen LogP contribution in [-0.4, -0.2) is 27.7 Å². The van der Waals surface area contributed by atoms with Crippen molar-refractivity contribution in [2.75, 3.05) is 0 Å². The summed E-state index contributed by atoms with van der Waals surface area (Å²) < 4.78 is 0. The Morgan fingerprint density at radius 3 is 2.40 bits per heavy atom. The van der Waals surface area contributed by atoms with Gasteiger partial charge in [0, 0.05) is 17.9 Å². The molecule has 0 fully saturated rings. The van der Waals surface area contributed by atoms with Gasteiger partial charge in [-0.1, -0.05) is 54.1 Å². The summed E-state index contributed by atoms with van der Waals surface area (Å²) in [6.45, 7) is 0. The second-order valence-corrected chi connectivity index (χ2v) is 6.25. The van der Waals surface area contributed by atoms with Crippen LogP contribution in [-0.2, 0) is 9.59 Å². The number of benzene rings is 2. The number of carbonyl (C=O) groups excluding carboxylic acids is 1. The van der Waals surface area contributed by atoms with Crippen LogP contribution in [0.4, 0.5) is 0 Å². The third-order valence-electron chi connectivity index (χ3n) is 4.08. The molecule has 128 valence electrons. The van der Waals surface area contributed by atoms with Crippen molar-refractivity contribution < 1.29 is 14.7 Å². The molecule has 0 radical (unpaired) electrons. The lowest BCUT2D eigenvalue weighted by molar-refractivity contribution is -0.141. The molecule has 0 bridgehead atoms. The average Bonchev–Trinajstić information content (AvgIpc) is 3.06. The highest BCUT2D eigenvalue weighted by atomic mass is 35.5. The minimum absolute atomic E-state index is 0.0733. The molecule has 1 aliphatic rings. The van der Waals surface area contributed by atoms with Crippen LogP contribution in [0.1, 0.15) is 36.4 Å². The predicted octanol–water partition coefficient (Wildman–Crippen LogP) is 3.88. The lowest BCUT2D eigenvalue weighted by Crippen LogP contribution is -2.27. The quantitative estimate of drug-likeness (QED) is 0.883. The molecule has 1 heterocycles. The summed E-state index contributed by atoms with van der Waals surface area (Å²) in [7, 11) is 0. The molecule has 1 amide bonds. The fraction of sp³-hybridized carbons (Fsp3) is 0.211. The van der Waals surface area contributed by atoms with E-state index in [9.17, 15) is 9.59 Å². The minimum atomic E-state index is -0.995. The Kier molecular flexibility index (Phi) is 5.14. The zero-order valence-electron chi connectivity index (χ0n) is 13.4. The number of nitrogens with zero attached hydrogens (tertiary/aromatic N) is 2. The minimum Gasteiger partial charge on any atom is -0.481 e. The number of hydrogen-bond donors (Lipinski definition) is 1. The van der Waals surface area contributed by atoms with Gasteiger partial charge < -0.3 is 5.11 Å². The normalized spacial score (nSPS) is 16.6. The standard InChI is InChI=1S/C19H17ClN2O3/c20-15-8-6-13(7-9-15)16-12-17(14-4-2-1-3-5-14)22(21-16)18(23)10-11-19(24)25/h1-9,17H,10-12H2,(H,24,25). The number of hydrazone groups is 1. The van der Waals surface area contributed by atoms with Crippen molar-refractivity contribution in [2.45, 2.75) is 25.3 Å². The Bertz CT molecular complexity index is 803. The van der Waals surface area contributed by atoms with Crippen molar-refractivity contribution in [3.05, 3.63) is 70.7 Å². The first-order chi connectivity index (χ1) is 12.0. The van der Waals surface area contributed by atoms with E-state index >= 15 is 0 Å². The number of rotatable bonds is 5. The van der Waals surface area contributed by atoms with E-state index in [4.69, 9.17) is 16.7 Å². The van der Waals surface area contributed by atoms with Crippen LogP contribution in [0.15, 0.2) is 59.7 Å². The smallest absolute Gasteiger partial charge is 0.303 e. The summed E-state index contributed by atoms with van der Waals surface area (Å²) in [4.78, 5) is 23.3. The van der Waals surface area contributed by atoms with Gasteiger partial charge in [0.05, 0.1) is 18.2 Å². The zero-order chi connectivity index (χ0) is 17.8. The molecule has 0 aromatic heterocycles. The molecular formula is C19H17ClN2O3. The summed E-state index contributed by atoms with van der Waals surface area (Å²) in [5.74, 6) is -1.29. The van der Waals surface area contributed by atoms with Gasteiger partial charge in [-0.3, -0.25) is 9.59 Å². The van der Waals surface area contributed by atoms with Crippen molar-refractivity contribution in [2.24, 2.45) is 5.10 Å². The molecule has 1 N–H and O–H groups in total. The van der Waals surface area contributed by atoms with E-state index < -0.39 is 5.97 Å². The first kappa shape index (κ1) is 17.2. The molecule has 25 heavy (non-hydrogen) atoms. The van der Waals surface area contributed by atoms with Crippen LogP contribution in [0.2, 0.25) is 5.02 Å². The Hall–Kier alpha value is -2.66. The predicted molar refractivity (Wildman–Crippen MR) is 95.5 cm³/mol. The fourth-order valence-corrected chi connectivity index (χ4v) is 2.95. The van der Waals surface area contributed by atoms with Crippen LogP contribution >= 0.6 is 11.6 Å². The van der Waals surface area contributed by atoms with Crippen molar-refractivity contribution >= 4 is 29.2 Å². The van der Waals surface area contributed by atoms with Crippen molar-refractivity contribution in [1.82, 2.24) is 5.01 Å². The molecule has 0 aliphatic carbocycles. The summed E-state index contributed by atoms with van der Waals surface area (Å²) >= 11 is 5.93. The molecule has 2 aromatic carbocycles. The molecule has 1 aliphatic heterocycles. The maximum atomic E-state index is 12.5. The zero-order valence-corrected chi connectivity index (χ0v) is 14.2.